The number of benzene rings is 1. The molecule has 0 radical (unpaired) electrons. The molecule has 0 aliphatic carbocycles. The molecule has 1 aromatic rings. The second-order valence-corrected chi connectivity index (χ2v) is 3.65. The predicted octanol–water partition coefficient (Wildman–Crippen LogP) is 2.06. The summed E-state index contributed by atoms with van der Waals surface area (Å²) in [5.74, 6) is 0.870. The van der Waals surface area contributed by atoms with E-state index in [9.17, 15) is 9.18 Å². The molecule has 0 aliphatic heterocycles. The van der Waals surface area contributed by atoms with Crippen molar-refractivity contribution in [1.29, 1.82) is 0 Å². The van der Waals surface area contributed by atoms with Crippen molar-refractivity contribution in [2.45, 2.75) is 25.8 Å². The van der Waals surface area contributed by atoms with Gasteiger partial charge in [0.15, 0.2) is 0 Å². The van der Waals surface area contributed by atoms with Gasteiger partial charge in [0.1, 0.15) is 11.6 Å². The van der Waals surface area contributed by atoms with Gasteiger partial charge in [-0.15, -0.1) is 6.42 Å². The molecule has 0 bridgehead atoms. The minimum absolute atomic E-state index is 0.126. The molecular formula is C13H14FNO2. The van der Waals surface area contributed by atoms with Crippen LogP contribution in [0.2, 0.25) is 0 Å². The Kier molecular flexibility index (Phi) is 4.53. The maximum Gasteiger partial charge on any atom is 0.255 e. The number of phenols is 1. The van der Waals surface area contributed by atoms with Gasteiger partial charge in [-0.2, -0.15) is 0 Å². The molecule has 0 aromatic heterocycles. The SMILES string of the molecule is C#CC(CCC)NC(=O)c1ccc(O)cc1F. The van der Waals surface area contributed by atoms with E-state index in [1.807, 2.05) is 6.92 Å². The Labute approximate surface area is 99.7 Å². The van der Waals surface area contributed by atoms with Crippen LogP contribution in [0.3, 0.4) is 0 Å². The monoisotopic (exact) mass is 235 g/mol. The van der Waals surface area contributed by atoms with Crippen LogP contribution in [0.4, 0.5) is 4.39 Å². The van der Waals surface area contributed by atoms with E-state index in [1.165, 1.54) is 12.1 Å². The van der Waals surface area contributed by atoms with Gasteiger partial charge in [0.05, 0.1) is 11.6 Å². The molecule has 1 unspecified atom stereocenters. The van der Waals surface area contributed by atoms with Gasteiger partial charge in [-0.1, -0.05) is 19.3 Å². The Balaban J connectivity index is 2.79. The maximum atomic E-state index is 13.4. The van der Waals surface area contributed by atoms with Gasteiger partial charge in [0.25, 0.3) is 5.91 Å². The summed E-state index contributed by atoms with van der Waals surface area (Å²) >= 11 is 0. The lowest BCUT2D eigenvalue weighted by atomic mass is 10.1. The van der Waals surface area contributed by atoms with Crippen LogP contribution >= 0.6 is 0 Å². The summed E-state index contributed by atoms with van der Waals surface area (Å²) in [6.07, 6.45) is 6.72. The molecule has 0 saturated heterocycles. The summed E-state index contributed by atoms with van der Waals surface area (Å²) in [6, 6.07) is 2.96. The number of carbonyl (C=O) groups is 1. The molecule has 3 nitrogen and oxygen atoms in total. The number of amides is 1. The Morgan fingerprint density at radius 1 is 1.65 bits per heavy atom. The minimum atomic E-state index is -0.769. The van der Waals surface area contributed by atoms with Crippen LogP contribution in [-0.2, 0) is 0 Å². The second-order valence-electron chi connectivity index (χ2n) is 3.65. The van der Waals surface area contributed by atoms with E-state index in [0.29, 0.717) is 6.42 Å². The lowest BCUT2D eigenvalue weighted by Gasteiger charge is -2.12. The lowest BCUT2D eigenvalue weighted by Crippen LogP contribution is -2.34. The number of nitrogens with one attached hydrogen (secondary N) is 1. The summed E-state index contributed by atoms with van der Waals surface area (Å²) in [5, 5.41) is 11.6. The summed E-state index contributed by atoms with van der Waals surface area (Å²) in [6.45, 7) is 1.94. The van der Waals surface area contributed by atoms with Crippen molar-refractivity contribution in [2.24, 2.45) is 0 Å². The van der Waals surface area contributed by atoms with Crippen molar-refractivity contribution < 1.29 is 14.3 Å². The third kappa shape index (κ3) is 3.49. The summed E-state index contributed by atoms with van der Waals surface area (Å²) in [4.78, 5) is 11.7. The third-order valence-corrected chi connectivity index (χ3v) is 2.28. The standard InChI is InChI=1S/C13H14FNO2/c1-3-5-9(4-2)15-13(17)11-7-6-10(16)8-12(11)14/h2,6-9,16H,3,5H2,1H3,(H,15,17). The van der Waals surface area contributed by atoms with Crippen LogP contribution < -0.4 is 5.32 Å². The Hall–Kier alpha value is -2.02. The number of rotatable bonds is 4. The molecular weight excluding hydrogens is 221 g/mol. The van der Waals surface area contributed by atoms with Crippen molar-refractivity contribution in [3.05, 3.63) is 29.6 Å². The van der Waals surface area contributed by atoms with Crippen LogP contribution in [0, 0.1) is 18.2 Å². The summed E-state index contributed by atoms with van der Waals surface area (Å²) < 4.78 is 13.4. The van der Waals surface area contributed by atoms with Crippen molar-refractivity contribution in [3.8, 4) is 18.1 Å². The van der Waals surface area contributed by atoms with Crippen LogP contribution in [0.1, 0.15) is 30.1 Å². The van der Waals surface area contributed by atoms with Gasteiger partial charge >= 0.3 is 0 Å². The lowest BCUT2D eigenvalue weighted by molar-refractivity contribution is 0.0940. The normalized spacial score (nSPS) is 11.6. The molecule has 0 spiro atoms. The van der Waals surface area contributed by atoms with Crippen molar-refractivity contribution in [3.63, 3.8) is 0 Å². The van der Waals surface area contributed by atoms with E-state index in [-0.39, 0.29) is 11.3 Å². The molecule has 1 rings (SSSR count). The average Bonchev–Trinajstić information content (AvgIpc) is 2.28. The van der Waals surface area contributed by atoms with Gasteiger partial charge in [-0.3, -0.25) is 4.79 Å². The number of phenolic OH excluding ortho intramolecular Hbond substituents is 1. The van der Waals surface area contributed by atoms with Gasteiger partial charge in [-0.25, -0.2) is 4.39 Å². The molecule has 1 amide bonds. The first-order valence-corrected chi connectivity index (χ1v) is 5.34. The fraction of sp³-hybridized carbons (Fsp3) is 0.308. The maximum absolute atomic E-state index is 13.4. The Bertz CT molecular complexity index is 451. The number of hydrogen-bond acceptors (Lipinski definition) is 2. The van der Waals surface area contributed by atoms with Crippen molar-refractivity contribution in [1.82, 2.24) is 5.32 Å². The quantitative estimate of drug-likeness (QED) is 0.785. The van der Waals surface area contributed by atoms with Gasteiger partial charge in [-0.05, 0) is 18.6 Å². The number of terminal acetylenes is 1. The zero-order chi connectivity index (χ0) is 12.8. The molecule has 4 heteroatoms. The van der Waals surface area contributed by atoms with Gasteiger partial charge in [0, 0.05) is 6.07 Å². The fourth-order valence-electron chi connectivity index (χ4n) is 1.41. The number of halogens is 1. The summed E-state index contributed by atoms with van der Waals surface area (Å²) in [5.41, 5.74) is -0.126. The van der Waals surface area contributed by atoms with Crippen molar-refractivity contribution >= 4 is 5.91 Å². The van der Waals surface area contributed by atoms with E-state index in [4.69, 9.17) is 11.5 Å². The smallest absolute Gasteiger partial charge is 0.255 e. The zero-order valence-electron chi connectivity index (χ0n) is 9.53. The molecule has 1 atom stereocenters. The number of hydrogen-bond donors (Lipinski definition) is 2. The highest BCUT2D eigenvalue weighted by Crippen LogP contribution is 2.15. The second kappa shape index (κ2) is 5.90. The van der Waals surface area contributed by atoms with E-state index < -0.39 is 17.8 Å². The predicted molar refractivity (Wildman–Crippen MR) is 63.1 cm³/mol. The van der Waals surface area contributed by atoms with E-state index in [0.717, 1.165) is 12.5 Å². The molecule has 0 fully saturated rings. The Morgan fingerprint density at radius 2 is 2.35 bits per heavy atom. The molecule has 90 valence electrons. The van der Waals surface area contributed by atoms with Crippen LogP contribution in [0.5, 0.6) is 5.75 Å². The van der Waals surface area contributed by atoms with E-state index >= 15 is 0 Å². The van der Waals surface area contributed by atoms with Gasteiger partial charge < -0.3 is 10.4 Å². The van der Waals surface area contributed by atoms with Crippen molar-refractivity contribution in [2.75, 3.05) is 0 Å². The summed E-state index contributed by atoms with van der Waals surface area (Å²) in [7, 11) is 0. The first kappa shape index (κ1) is 13.0. The fourth-order valence-corrected chi connectivity index (χ4v) is 1.41. The molecule has 2 N–H and O–H groups in total. The first-order valence-electron chi connectivity index (χ1n) is 5.34. The molecule has 0 saturated carbocycles. The molecule has 1 aromatic carbocycles. The molecule has 17 heavy (non-hydrogen) atoms. The van der Waals surface area contributed by atoms with Gasteiger partial charge in [0.2, 0.25) is 0 Å². The number of aromatic hydroxyl groups is 1. The van der Waals surface area contributed by atoms with Crippen LogP contribution in [-0.4, -0.2) is 17.1 Å². The minimum Gasteiger partial charge on any atom is -0.508 e. The molecule has 0 heterocycles. The topological polar surface area (TPSA) is 49.3 Å². The van der Waals surface area contributed by atoms with E-state index in [2.05, 4.69) is 11.2 Å². The highest BCUT2D eigenvalue weighted by Gasteiger charge is 2.15. The largest absolute Gasteiger partial charge is 0.508 e. The number of carbonyl (C=O) groups excluding carboxylic acids is 1. The molecule has 0 aliphatic rings. The third-order valence-electron chi connectivity index (χ3n) is 2.28. The Morgan fingerprint density at radius 3 is 2.88 bits per heavy atom. The van der Waals surface area contributed by atoms with Crippen LogP contribution in [0.25, 0.3) is 0 Å². The van der Waals surface area contributed by atoms with Crippen LogP contribution in [0.15, 0.2) is 18.2 Å². The average molecular weight is 235 g/mol. The highest BCUT2D eigenvalue weighted by molar-refractivity contribution is 5.95. The van der Waals surface area contributed by atoms with E-state index in [1.54, 1.807) is 0 Å². The zero-order valence-corrected chi connectivity index (χ0v) is 9.53. The first-order chi connectivity index (χ1) is 8.08. The highest BCUT2D eigenvalue weighted by atomic mass is 19.1.